The van der Waals surface area contributed by atoms with Gasteiger partial charge in [0.15, 0.2) is 6.10 Å². The van der Waals surface area contributed by atoms with Crippen LogP contribution in [0.1, 0.15) is 18.1 Å². The van der Waals surface area contributed by atoms with Crippen LogP contribution < -0.4 is 15.4 Å². The number of hydrogen-bond acceptors (Lipinski definition) is 4. The maximum atomic E-state index is 12.1. The standard InChI is InChI=1S/C19H20N2O3S/c1-12-3-5-14(6-4-12)10-25-11-18(22)20-15-7-8-17-16(9-15)21-19(23)13(2)24-17/h3-9,13H,10-11H2,1-2H3,(H,20,22)(H,21,23)/t13-/m0/s1. The number of rotatable bonds is 5. The minimum Gasteiger partial charge on any atom is -0.479 e. The Morgan fingerprint density at radius 2 is 2.00 bits per heavy atom. The van der Waals surface area contributed by atoms with E-state index >= 15 is 0 Å². The van der Waals surface area contributed by atoms with Gasteiger partial charge in [-0.2, -0.15) is 0 Å². The molecule has 1 atom stereocenters. The van der Waals surface area contributed by atoms with Crippen molar-refractivity contribution >= 4 is 35.0 Å². The second-order valence-corrected chi connectivity index (χ2v) is 6.97. The summed E-state index contributed by atoms with van der Waals surface area (Å²) in [5.74, 6) is 1.50. The molecular weight excluding hydrogens is 336 g/mol. The Labute approximate surface area is 151 Å². The van der Waals surface area contributed by atoms with Crippen LogP contribution in [0.15, 0.2) is 42.5 Å². The van der Waals surface area contributed by atoms with Crippen molar-refractivity contribution in [1.82, 2.24) is 0 Å². The SMILES string of the molecule is Cc1ccc(CSCC(=O)Nc2ccc3c(c2)NC(=O)[C@H](C)O3)cc1. The maximum absolute atomic E-state index is 12.1. The maximum Gasteiger partial charge on any atom is 0.265 e. The highest BCUT2D eigenvalue weighted by Gasteiger charge is 2.23. The van der Waals surface area contributed by atoms with Crippen LogP contribution >= 0.6 is 11.8 Å². The summed E-state index contributed by atoms with van der Waals surface area (Å²) in [6.07, 6.45) is -0.508. The second-order valence-electron chi connectivity index (χ2n) is 5.99. The van der Waals surface area contributed by atoms with Crippen molar-refractivity contribution in [3.63, 3.8) is 0 Å². The molecule has 2 amide bonds. The van der Waals surface area contributed by atoms with Crippen molar-refractivity contribution in [2.75, 3.05) is 16.4 Å². The summed E-state index contributed by atoms with van der Waals surface area (Å²) < 4.78 is 5.50. The molecule has 5 nitrogen and oxygen atoms in total. The summed E-state index contributed by atoms with van der Waals surface area (Å²) >= 11 is 1.56. The Bertz CT molecular complexity index is 790. The van der Waals surface area contributed by atoms with Crippen molar-refractivity contribution in [3.8, 4) is 5.75 Å². The molecule has 0 saturated heterocycles. The van der Waals surface area contributed by atoms with Crippen LogP contribution in [0.4, 0.5) is 11.4 Å². The smallest absolute Gasteiger partial charge is 0.265 e. The third-order valence-corrected chi connectivity index (χ3v) is 4.82. The average Bonchev–Trinajstić information content (AvgIpc) is 2.58. The Hall–Kier alpha value is -2.47. The normalized spacial score (nSPS) is 15.8. The zero-order chi connectivity index (χ0) is 17.8. The molecule has 1 heterocycles. The summed E-state index contributed by atoms with van der Waals surface area (Å²) in [6.45, 7) is 3.75. The molecule has 0 saturated carbocycles. The van der Waals surface area contributed by atoms with Crippen LogP contribution in [0.3, 0.4) is 0 Å². The highest BCUT2D eigenvalue weighted by molar-refractivity contribution is 7.99. The molecule has 1 aliphatic rings. The van der Waals surface area contributed by atoms with Crippen LogP contribution in [-0.4, -0.2) is 23.7 Å². The first-order valence-electron chi connectivity index (χ1n) is 8.06. The highest BCUT2D eigenvalue weighted by atomic mass is 32.2. The van der Waals surface area contributed by atoms with Gasteiger partial charge in [0, 0.05) is 11.4 Å². The summed E-state index contributed by atoms with van der Waals surface area (Å²) in [5.41, 5.74) is 3.64. The Morgan fingerprint density at radius 3 is 2.76 bits per heavy atom. The van der Waals surface area contributed by atoms with Crippen molar-refractivity contribution < 1.29 is 14.3 Å². The van der Waals surface area contributed by atoms with E-state index in [4.69, 9.17) is 4.74 Å². The van der Waals surface area contributed by atoms with Gasteiger partial charge < -0.3 is 15.4 Å². The van der Waals surface area contributed by atoms with E-state index in [1.165, 1.54) is 11.1 Å². The summed E-state index contributed by atoms with van der Waals surface area (Å²) in [5, 5.41) is 5.62. The minimum atomic E-state index is -0.508. The molecular formula is C19H20N2O3S. The molecule has 3 rings (SSSR count). The van der Waals surface area contributed by atoms with E-state index in [2.05, 4.69) is 41.8 Å². The van der Waals surface area contributed by atoms with Crippen molar-refractivity contribution in [2.45, 2.75) is 25.7 Å². The lowest BCUT2D eigenvalue weighted by Crippen LogP contribution is -2.34. The van der Waals surface area contributed by atoms with Gasteiger partial charge in [-0.05, 0) is 37.6 Å². The molecule has 25 heavy (non-hydrogen) atoms. The number of aryl methyl sites for hydroxylation is 1. The van der Waals surface area contributed by atoms with E-state index in [0.29, 0.717) is 22.9 Å². The fraction of sp³-hybridized carbons (Fsp3) is 0.263. The van der Waals surface area contributed by atoms with Crippen molar-refractivity contribution in [2.24, 2.45) is 0 Å². The average molecular weight is 356 g/mol. The third-order valence-electron chi connectivity index (χ3n) is 3.82. The van der Waals surface area contributed by atoms with Gasteiger partial charge in [0.1, 0.15) is 5.75 Å². The lowest BCUT2D eigenvalue weighted by molar-refractivity contribution is -0.122. The Balaban J connectivity index is 1.52. The number of thioether (sulfide) groups is 1. The van der Waals surface area contributed by atoms with E-state index in [1.54, 1.807) is 36.9 Å². The lowest BCUT2D eigenvalue weighted by atomic mass is 10.2. The number of fused-ring (bicyclic) bond motifs is 1. The van der Waals surface area contributed by atoms with Gasteiger partial charge >= 0.3 is 0 Å². The van der Waals surface area contributed by atoms with E-state index < -0.39 is 6.10 Å². The third kappa shape index (κ3) is 4.54. The number of ether oxygens (including phenoxy) is 1. The van der Waals surface area contributed by atoms with E-state index in [0.717, 1.165) is 5.75 Å². The van der Waals surface area contributed by atoms with Gasteiger partial charge in [0.2, 0.25) is 5.91 Å². The number of amides is 2. The van der Waals surface area contributed by atoms with Crippen LogP contribution in [-0.2, 0) is 15.3 Å². The van der Waals surface area contributed by atoms with Gasteiger partial charge in [0.05, 0.1) is 11.4 Å². The van der Waals surface area contributed by atoms with Gasteiger partial charge in [-0.1, -0.05) is 29.8 Å². The highest BCUT2D eigenvalue weighted by Crippen LogP contribution is 2.32. The predicted octanol–water partition coefficient (Wildman–Crippen LogP) is 3.59. The molecule has 2 aromatic carbocycles. The predicted molar refractivity (Wildman–Crippen MR) is 101 cm³/mol. The van der Waals surface area contributed by atoms with E-state index in [1.807, 2.05) is 0 Å². The van der Waals surface area contributed by atoms with Gasteiger partial charge in [-0.3, -0.25) is 9.59 Å². The Kier molecular flexibility index (Phi) is 5.28. The molecule has 1 aliphatic heterocycles. The van der Waals surface area contributed by atoms with Crippen LogP contribution in [0.5, 0.6) is 5.75 Å². The molecule has 2 N–H and O–H groups in total. The fourth-order valence-electron chi connectivity index (χ4n) is 2.43. The van der Waals surface area contributed by atoms with Gasteiger partial charge in [-0.15, -0.1) is 11.8 Å². The topological polar surface area (TPSA) is 67.4 Å². The fourth-order valence-corrected chi connectivity index (χ4v) is 3.22. The molecule has 0 aliphatic carbocycles. The van der Waals surface area contributed by atoms with E-state index in [-0.39, 0.29) is 11.8 Å². The molecule has 2 aromatic rings. The minimum absolute atomic E-state index is 0.0755. The monoisotopic (exact) mass is 356 g/mol. The lowest BCUT2D eigenvalue weighted by Gasteiger charge is -2.23. The van der Waals surface area contributed by atoms with Crippen molar-refractivity contribution in [1.29, 1.82) is 0 Å². The Morgan fingerprint density at radius 1 is 1.24 bits per heavy atom. The number of anilines is 2. The summed E-state index contributed by atoms with van der Waals surface area (Å²) in [4.78, 5) is 23.8. The van der Waals surface area contributed by atoms with Crippen LogP contribution in [0, 0.1) is 6.92 Å². The van der Waals surface area contributed by atoms with Crippen LogP contribution in [0.25, 0.3) is 0 Å². The zero-order valence-corrected chi connectivity index (χ0v) is 15.0. The van der Waals surface area contributed by atoms with Crippen LogP contribution in [0.2, 0.25) is 0 Å². The molecule has 0 unspecified atom stereocenters. The van der Waals surface area contributed by atoms with Gasteiger partial charge in [-0.25, -0.2) is 0 Å². The van der Waals surface area contributed by atoms with Crippen molar-refractivity contribution in [3.05, 3.63) is 53.6 Å². The molecule has 0 aromatic heterocycles. The molecule has 130 valence electrons. The number of benzene rings is 2. The first kappa shape index (κ1) is 17.4. The van der Waals surface area contributed by atoms with Gasteiger partial charge in [0.25, 0.3) is 5.91 Å². The largest absolute Gasteiger partial charge is 0.479 e. The number of carbonyl (C=O) groups excluding carboxylic acids is 2. The first-order valence-corrected chi connectivity index (χ1v) is 9.21. The molecule has 6 heteroatoms. The zero-order valence-electron chi connectivity index (χ0n) is 14.2. The molecule has 0 fully saturated rings. The number of nitrogens with one attached hydrogen (secondary N) is 2. The molecule has 0 spiro atoms. The summed E-state index contributed by atoms with van der Waals surface area (Å²) in [6, 6.07) is 13.5. The van der Waals surface area contributed by atoms with E-state index in [9.17, 15) is 9.59 Å². The first-order chi connectivity index (χ1) is 12.0. The second kappa shape index (κ2) is 7.61. The number of hydrogen-bond donors (Lipinski definition) is 2. The summed E-state index contributed by atoms with van der Waals surface area (Å²) in [7, 11) is 0. The number of carbonyl (C=O) groups is 2. The quantitative estimate of drug-likeness (QED) is 0.859. The molecule has 0 radical (unpaired) electrons. The molecule has 0 bridgehead atoms.